The van der Waals surface area contributed by atoms with E-state index in [1.54, 1.807) is 24.3 Å². The molecule has 1 aliphatic carbocycles. The van der Waals surface area contributed by atoms with Crippen LogP contribution in [0.5, 0.6) is 0 Å². The van der Waals surface area contributed by atoms with Crippen LogP contribution in [-0.2, 0) is 10.0 Å². The van der Waals surface area contributed by atoms with Crippen molar-refractivity contribution in [2.45, 2.75) is 50.8 Å². The molecule has 0 bridgehead atoms. The molecule has 2 rings (SSSR count). The van der Waals surface area contributed by atoms with Crippen molar-refractivity contribution in [2.75, 3.05) is 0 Å². The second-order valence-corrected chi connectivity index (χ2v) is 6.96. The lowest BCUT2D eigenvalue weighted by molar-refractivity contribution is 0.438. The van der Waals surface area contributed by atoms with Crippen molar-refractivity contribution in [1.29, 1.82) is 0 Å². The quantitative estimate of drug-likeness (QED) is 0.791. The van der Waals surface area contributed by atoms with Gasteiger partial charge in [-0.2, -0.15) is 12.8 Å². The molecule has 0 radical (unpaired) electrons. The molecule has 1 aliphatic rings. The topological polar surface area (TPSA) is 46.5 Å². The maximum absolute atomic E-state index is 12.2. The van der Waals surface area contributed by atoms with Crippen molar-refractivity contribution in [3.8, 4) is 0 Å². The zero-order valence-electron chi connectivity index (χ0n) is 11.6. The largest absolute Gasteiger partial charge is 0.282 e. The molecule has 0 aromatic heterocycles. The maximum atomic E-state index is 12.2. The molecule has 3 nitrogen and oxygen atoms in total. The molecule has 0 atom stereocenters. The maximum Gasteiger partial charge on any atom is 0.282 e. The number of nitrogens with zero attached hydrogens (tertiary/aromatic N) is 1. The van der Waals surface area contributed by atoms with Gasteiger partial charge in [0, 0.05) is 5.71 Å². The van der Waals surface area contributed by atoms with Gasteiger partial charge in [-0.25, -0.2) is 0 Å². The average molecular weight is 279 g/mol. The van der Waals surface area contributed by atoms with Crippen LogP contribution in [0, 0.1) is 12.8 Å². The second kappa shape index (κ2) is 5.87. The van der Waals surface area contributed by atoms with Crippen LogP contribution in [0.25, 0.3) is 0 Å². The predicted molar refractivity (Wildman–Crippen MR) is 78.0 cm³/mol. The van der Waals surface area contributed by atoms with Crippen LogP contribution in [0.1, 0.15) is 44.6 Å². The molecule has 0 amide bonds. The fraction of sp³-hybridized carbons (Fsp3) is 0.533. The molecule has 0 spiro atoms. The summed E-state index contributed by atoms with van der Waals surface area (Å²) in [7, 11) is -3.54. The lowest BCUT2D eigenvalue weighted by atomic mass is 9.86. The average Bonchev–Trinajstić information content (AvgIpc) is 2.40. The van der Waals surface area contributed by atoms with Gasteiger partial charge in [0.25, 0.3) is 10.0 Å². The third-order valence-corrected chi connectivity index (χ3v) is 5.18. The first kappa shape index (κ1) is 14.3. The van der Waals surface area contributed by atoms with Crippen LogP contribution in [0.2, 0.25) is 0 Å². The molecule has 104 valence electrons. The summed E-state index contributed by atoms with van der Waals surface area (Å²) in [5.41, 5.74) is 1.81. The van der Waals surface area contributed by atoms with E-state index in [1.807, 2.05) is 13.8 Å². The van der Waals surface area contributed by atoms with Crippen LogP contribution >= 0.6 is 0 Å². The van der Waals surface area contributed by atoms with E-state index in [9.17, 15) is 8.42 Å². The molecule has 1 aromatic rings. The van der Waals surface area contributed by atoms with Crippen LogP contribution in [0.15, 0.2) is 33.6 Å². The van der Waals surface area contributed by atoms with Gasteiger partial charge >= 0.3 is 0 Å². The second-order valence-electron chi connectivity index (χ2n) is 5.36. The predicted octanol–water partition coefficient (Wildman–Crippen LogP) is 3.72. The van der Waals surface area contributed by atoms with Crippen LogP contribution < -0.4 is 0 Å². The molecule has 1 fully saturated rings. The van der Waals surface area contributed by atoms with Crippen molar-refractivity contribution in [3.05, 3.63) is 29.8 Å². The van der Waals surface area contributed by atoms with Gasteiger partial charge < -0.3 is 0 Å². The molecule has 1 aromatic carbocycles. The van der Waals surface area contributed by atoms with Gasteiger partial charge in [-0.3, -0.25) is 0 Å². The minimum Gasteiger partial charge on any atom is -0.199 e. The Morgan fingerprint density at radius 1 is 1.11 bits per heavy atom. The molecule has 0 unspecified atom stereocenters. The number of sulfonamides is 1. The molecule has 19 heavy (non-hydrogen) atoms. The van der Waals surface area contributed by atoms with Crippen molar-refractivity contribution in [3.63, 3.8) is 0 Å². The summed E-state index contributed by atoms with van der Waals surface area (Å²) >= 11 is 0. The van der Waals surface area contributed by atoms with Gasteiger partial charge in [-0.05, 0) is 44.7 Å². The Bertz CT molecular complexity index is 552. The number of hydrogen-bond acceptors (Lipinski definition) is 2. The van der Waals surface area contributed by atoms with Crippen LogP contribution in [0.3, 0.4) is 0 Å². The molecule has 4 heteroatoms. The fourth-order valence-corrected chi connectivity index (χ4v) is 3.66. The Hall–Kier alpha value is -1.16. The normalized spacial score (nSPS) is 18.5. The Balaban J connectivity index is 2.22. The fourth-order valence-electron chi connectivity index (χ4n) is 2.55. The van der Waals surface area contributed by atoms with Gasteiger partial charge in [0.1, 0.15) is 0 Å². The summed E-state index contributed by atoms with van der Waals surface area (Å²) in [5.74, 6) is 0.342. The van der Waals surface area contributed by atoms with Gasteiger partial charge in [-0.1, -0.05) is 37.0 Å². The number of rotatable bonds is 3. The Labute approximate surface area is 115 Å². The van der Waals surface area contributed by atoms with Crippen LogP contribution in [0.4, 0.5) is 0 Å². The highest BCUT2D eigenvalue weighted by molar-refractivity contribution is 7.90. The van der Waals surface area contributed by atoms with E-state index in [1.165, 1.54) is 19.3 Å². The Morgan fingerprint density at radius 3 is 2.26 bits per heavy atom. The van der Waals surface area contributed by atoms with Gasteiger partial charge in [0.2, 0.25) is 0 Å². The van der Waals surface area contributed by atoms with E-state index < -0.39 is 10.0 Å². The van der Waals surface area contributed by atoms with E-state index in [4.69, 9.17) is 0 Å². The monoisotopic (exact) mass is 279 g/mol. The molecule has 0 aliphatic heterocycles. The standard InChI is InChI=1S/C15H21NO2S/c1-12-8-10-15(11-9-12)19(17,18)16-13(2)14-6-4-3-5-7-14/h8-11,14H,3-7H2,1-2H3/b16-13-. The van der Waals surface area contributed by atoms with Gasteiger partial charge in [0.05, 0.1) is 4.90 Å². The van der Waals surface area contributed by atoms with Crippen molar-refractivity contribution >= 4 is 15.7 Å². The Morgan fingerprint density at radius 2 is 1.68 bits per heavy atom. The van der Waals surface area contributed by atoms with E-state index >= 15 is 0 Å². The van der Waals surface area contributed by atoms with Gasteiger partial charge in [0.15, 0.2) is 0 Å². The van der Waals surface area contributed by atoms with E-state index in [0.29, 0.717) is 5.92 Å². The number of aryl methyl sites for hydroxylation is 1. The minimum atomic E-state index is -3.54. The highest BCUT2D eigenvalue weighted by Crippen LogP contribution is 2.26. The summed E-state index contributed by atoms with van der Waals surface area (Å²) in [6.07, 6.45) is 5.76. The Kier molecular flexibility index (Phi) is 4.40. The number of benzene rings is 1. The summed E-state index contributed by atoms with van der Waals surface area (Å²) in [4.78, 5) is 0.285. The zero-order valence-corrected chi connectivity index (χ0v) is 12.4. The lowest BCUT2D eigenvalue weighted by Gasteiger charge is -2.21. The lowest BCUT2D eigenvalue weighted by Crippen LogP contribution is -2.16. The summed E-state index contributed by atoms with van der Waals surface area (Å²) in [5, 5.41) is 0. The minimum absolute atomic E-state index is 0.285. The molecule has 0 N–H and O–H groups in total. The molecule has 0 saturated heterocycles. The molecule has 1 saturated carbocycles. The third-order valence-electron chi connectivity index (χ3n) is 3.78. The van der Waals surface area contributed by atoms with E-state index in [-0.39, 0.29) is 4.90 Å². The summed E-state index contributed by atoms with van der Waals surface area (Å²) < 4.78 is 28.4. The van der Waals surface area contributed by atoms with Crippen LogP contribution in [-0.4, -0.2) is 14.1 Å². The van der Waals surface area contributed by atoms with Gasteiger partial charge in [-0.15, -0.1) is 0 Å². The summed E-state index contributed by atoms with van der Waals surface area (Å²) in [6.45, 7) is 3.79. The van der Waals surface area contributed by atoms with Crippen molar-refractivity contribution in [2.24, 2.45) is 10.3 Å². The van der Waals surface area contributed by atoms with Crippen molar-refractivity contribution in [1.82, 2.24) is 0 Å². The van der Waals surface area contributed by atoms with Crippen molar-refractivity contribution < 1.29 is 8.42 Å². The molecular formula is C15H21NO2S. The zero-order chi connectivity index (χ0) is 13.9. The molecular weight excluding hydrogens is 258 g/mol. The molecule has 0 heterocycles. The SMILES string of the molecule is C/C(=N/S(=O)(=O)c1ccc(C)cc1)C1CCCCC1. The first-order chi connectivity index (χ1) is 8.99. The first-order valence-electron chi connectivity index (χ1n) is 6.87. The smallest absolute Gasteiger partial charge is 0.199 e. The first-order valence-corrected chi connectivity index (χ1v) is 8.31. The highest BCUT2D eigenvalue weighted by Gasteiger charge is 2.19. The highest BCUT2D eigenvalue weighted by atomic mass is 32.2. The number of hydrogen-bond donors (Lipinski definition) is 0. The summed E-state index contributed by atoms with van der Waals surface area (Å²) in [6, 6.07) is 6.86. The van der Waals surface area contributed by atoms with E-state index in [2.05, 4.69) is 4.40 Å². The van der Waals surface area contributed by atoms with E-state index in [0.717, 1.165) is 24.1 Å². The third kappa shape index (κ3) is 3.66.